The number of allylic oxidation sites excluding steroid dienone is 1. The first kappa shape index (κ1) is 15.8. The van der Waals surface area contributed by atoms with E-state index < -0.39 is 17.7 Å². The lowest BCUT2D eigenvalue weighted by molar-refractivity contribution is -0.137. The van der Waals surface area contributed by atoms with E-state index in [0.29, 0.717) is 12.4 Å². The summed E-state index contributed by atoms with van der Waals surface area (Å²) in [6.45, 7) is 1.96. The number of hydrazine groups is 1. The van der Waals surface area contributed by atoms with Crippen LogP contribution in [0.25, 0.3) is 5.70 Å². The number of hydrogen-bond acceptors (Lipinski definition) is 8. The molecule has 0 saturated heterocycles. The van der Waals surface area contributed by atoms with Gasteiger partial charge in [0.2, 0.25) is 5.95 Å². The summed E-state index contributed by atoms with van der Waals surface area (Å²) in [5, 5.41) is 8.80. The summed E-state index contributed by atoms with van der Waals surface area (Å²) < 4.78 is 4.70. The SMILES string of the molecule is CCC1=CN(SC)Nc2nc(=O)n(SCC(N)C(=O)O)n21. The van der Waals surface area contributed by atoms with E-state index in [2.05, 4.69) is 10.4 Å². The first-order valence-electron chi connectivity index (χ1n) is 6.12. The van der Waals surface area contributed by atoms with Crippen LogP contribution in [-0.4, -0.2) is 47.3 Å². The average molecular weight is 332 g/mol. The molecule has 0 radical (unpaired) electrons. The van der Waals surface area contributed by atoms with Crippen LogP contribution in [0.4, 0.5) is 5.95 Å². The fraction of sp³-hybridized carbons (Fsp3) is 0.500. The van der Waals surface area contributed by atoms with Gasteiger partial charge >= 0.3 is 11.7 Å². The Hall–Kier alpha value is -1.59. The molecule has 9 nitrogen and oxygen atoms in total. The van der Waals surface area contributed by atoms with Crippen molar-refractivity contribution in [2.45, 2.75) is 19.4 Å². The molecule has 0 fully saturated rings. The Kier molecular flexibility index (Phi) is 4.85. The highest BCUT2D eigenvalue weighted by molar-refractivity contribution is 7.97. The van der Waals surface area contributed by atoms with Gasteiger partial charge in [0.1, 0.15) is 6.04 Å². The molecule has 116 valence electrons. The number of aliphatic carboxylic acids is 1. The van der Waals surface area contributed by atoms with Crippen LogP contribution >= 0.6 is 23.9 Å². The van der Waals surface area contributed by atoms with Gasteiger partial charge in [-0.25, -0.2) is 13.9 Å². The molecule has 1 atom stereocenters. The fourth-order valence-electron chi connectivity index (χ4n) is 1.67. The summed E-state index contributed by atoms with van der Waals surface area (Å²) in [4.78, 5) is 26.7. The third-order valence-electron chi connectivity index (χ3n) is 2.75. The fourth-order valence-corrected chi connectivity index (χ4v) is 2.97. The van der Waals surface area contributed by atoms with Crippen molar-refractivity contribution in [1.29, 1.82) is 0 Å². The minimum absolute atomic E-state index is 0.0730. The van der Waals surface area contributed by atoms with Crippen molar-refractivity contribution in [2.24, 2.45) is 5.73 Å². The predicted molar refractivity (Wildman–Crippen MR) is 83.5 cm³/mol. The maximum atomic E-state index is 12.0. The summed E-state index contributed by atoms with van der Waals surface area (Å²) in [5.41, 5.74) is 8.83. The standard InChI is InChI=1S/C10H16N6O3S2/c1-3-6-4-14(20-2)13-9-12-10(19)16(15(6)9)21-5-7(11)8(17)18/h4,7H,3,5,11H2,1-2H3,(H,17,18)(H,12,13,19). The van der Waals surface area contributed by atoms with Gasteiger partial charge in [-0.15, -0.1) is 0 Å². The van der Waals surface area contributed by atoms with Crippen molar-refractivity contribution in [3.8, 4) is 0 Å². The lowest BCUT2D eigenvalue weighted by atomic mass is 10.3. The number of rotatable bonds is 6. The molecule has 1 unspecified atom stereocenters. The number of nitrogens with zero attached hydrogens (tertiary/aromatic N) is 4. The molecule has 0 spiro atoms. The Morgan fingerprint density at radius 1 is 1.62 bits per heavy atom. The summed E-state index contributed by atoms with van der Waals surface area (Å²) in [5.74, 6) is -0.638. The van der Waals surface area contributed by atoms with Crippen LogP contribution in [0.5, 0.6) is 0 Å². The van der Waals surface area contributed by atoms with E-state index in [1.807, 2.05) is 19.4 Å². The normalized spacial score (nSPS) is 15.2. The van der Waals surface area contributed by atoms with Gasteiger partial charge in [0.05, 0.1) is 11.9 Å². The maximum Gasteiger partial charge on any atom is 0.376 e. The number of carboxylic acids is 1. The van der Waals surface area contributed by atoms with Crippen LogP contribution in [0.3, 0.4) is 0 Å². The molecule has 1 aromatic heterocycles. The lowest BCUT2D eigenvalue weighted by Crippen LogP contribution is -2.34. The van der Waals surface area contributed by atoms with Crippen LogP contribution in [0.1, 0.15) is 13.3 Å². The van der Waals surface area contributed by atoms with Gasteiger partial charge in [-0.1, -0.05) is 6.92 Å². The summed E-state index contributed by atoms with van der Waals surface area (Å²) >= 11 is 2.47. The quantitative estimate of drug-likeness (QED) is 0.622. The number of aromatic nitrogens is 3. The Morgan fingerprint density at radius 3 is 2.90 bits per heavy atom. The van der Waals surface area contributed by atoms with Crippen LogP contribution in [-0.2, 0) is 4.79 Å². The Labute approximate surface area is 129 Å². The van der Waals surface area contributed by atoms with E-state index in [-0.39, 0.29) is 5.75 Å². The van der Waals surface area contributed by atoms with Crippen LogP contribution in [0.15, 0.2) is 11.0 Å². The van der Waals surface area contributed by atoms with Crippen molar-refractivity contribution in [2.75, 3.05) is 17.4 Å². The second-order valence-electron chi connectivity index (χ2n) is 4.14. The molecule has 0 aromatic carbocycles. The highest BCUT2D eigenvalue weighted by Gasteiger charge is 2.23. The largest absolute Gasteiger partial charge is 0.480 e. The van der Waals surface area contributed by atoms with E-state index >= 15 is 0 Å². The van der Waals surface area contributed by atoms with E-state index in [1.165, 1.54) is 16.0 Å². The van der Waals surface area contributed by atoms with Gasteiger partial charge in [-0.05, 0) is 30.3 Å². The number of nitrogens with one attached hydrogen (secondary N) is 1. The summed E-state index contributed by atoms with van der Waals surface area (Å²) in [6.07, 6.45) is 4.43. The third kappa shape index (κ3) is 3.19. The first-order chi connectivity index (χ1) is 9.97. The monoisotopic (exact) mass is 332 g/mol. The number of nitrogens with two attached hydrogens (primary N) is 1. The van der Waals surface area contributed by atoms with Crippen LogP contribution in [0.2, 0.25) is 0 Å². The van der Waals surface area contributed by atoms with Gasteiger partial charge in [-0.3, -0.25) is 10.2 Å². The molecule has 0 saturated carbocycles. The molecule has 2 heterocycles. The average Bonchev–Trinajstić information content (AvgIpc) is 2.78. The number of carbonyl (C=O) groups is 1. The molecular weight excluding hydrogens is 316 g/mol. The van der Waals surface area contributed by atoms with Crippen LogP contribution < -0.4 is 16.8 Å². The zero-order valence-corrected chi connectivity index (χ0v) is 13.1. The van der Waals surface area contributed by atoms with Crippen molar-refractivity contribution in [3.63, 3.8) is 0 Å². The predicted octanol–water partition coefficient (Wildman–Crippen LogP) is 0.0819. The summed E-state index contributed by atoms with van der Waals surface area (Å²) in [7, 11) is 0. The van der Waals surface area contributed by atoms with Crippen molar-refractivity contribution < 1.29 is 9.90 Å². The molecule has 1 aliphatic rings. The van der Waals surface area contributed by atoms with Gasteiger partial charge < -0.3 is 10.8 Å². The van der Waals surface area contributed by atoms with Gasteiger partial charge in [0, 0.05) is 12.0 Å². The van der Waals surface area contributed by atoms with Crippen molar-refractivity contribution in [3.05, 3.63) is 16.7 Å². The minimum Gasteiger partial charge on any atom is -0.480 e. The Morgan fingerprint density at radius 2 is 2.33 bits per heavy atom. The Bertz CT molecular complexity index is 625. The highest BCUT2D eigenvalue weighted by atomic mass is 32.2. The topological polar surface area (TPSA) is 118 Å². The molecular formula is C10H16N6O3S2. The lowest BCUT2D eigenvalue weighted by Gasteiger charge is -2.26. The number of anilines is 1. The van der Waals surface area contributed by atoms with Gasteiger partial charge in [0.25, 0.3) is 0 Å². The molecule has 21 heavy (non-hydrogen) atoms. The van der Waals surface area contributed by atoms with Crippen molar-refractivity contribution >= 4 is 41.5 Å². The second kappa shape index (κ2) is 6.45. The van der Waals surface area contributed by atoms with Crippen molar-refractivity contribution in [1.82, 2.24) is 18.2 Å². The maximum absolute atomic E-state index is 12.0. The molecule has 0 aliphatic carbocycles. The molecule has 4 N–H and O–H groups in total. The molecule has 0 bridgehead atoms. The van der Waals surface area contributed by atoms with E-state index in [1.54, 1.807) is 9.10 Å². The zero-order valence-electron chi connectivity index (χ0n) is 11.5. The smallest absolute Gasteiger partial charge is 0.376 e. The molecule has 1 aliphatic heterocycles. The van der Waals surface area contributed by atoms with Crippen LogP contribution in [0, 0.1) is 0 Å². The molecule has 0 amide bonds. The second-order valence-corrected chi connectivity index (χ2v) is 5.83. The highest BCUT2D eigenvalue weighted by Crippen LogP contribution is 2.25. The molecule has 2 rings (SSSR count). The van der Waals surface area contributed by atoms with E-state index in [0.717, 1.165) is 17.6 Å². The number of carboxylic acid groups (broad SMARTS) is 1. The van der Waals surface area contributed by atoms with E-state index in [9.17, 15) is 9.59 Å². The molecule has 1 aromatic rings. The third-order valence-corrected chi connectivity index (χ3v) is 4.41. The van der Waals surface area contributed by atoms with Gasteiger partial charge in [0.15, 0.2) is 0 Å². The number of fused-ring (bicyclic) bond motifs is 1. The number of hydrogen-bond donors (Lipinski definition) is 3. The summed E-state index contributed by atoms with van der Waals surface area (Å²) in [6, 6.07) is -1.04. The first-order valence-corrected chi connectivity index (χ1v) is 8.25. The minimum atomic E-state index is -1.10. The Balaban J connectivity index is 2.31. The van der Waals surface area contributed by atoms with Gasteiger partial charge in [-0.2, -0.15) is 9.07 Å². The van der Waals surface area contributed by atoms with E-state index in [4.69, 9.17) is 10.8 Å². The zero-order chi connectivity index (χ0) is 15.6. The molecule has 11 heteroatoms.